The van der Waals surface area contributed by atoms with Crippen LogP contribution < -0.4 is 5.32 Å². The summed E-state index contributed by atoms with van der Waals surface area (Å²) >= 11 is 0. The van der Waals surface area contributed by atoms with Crippen LogP contribution >= 0.6 is 0 Å². The molecule has 0 bridgehead atoms. The highest BCUT2D eigenvalue weighted by molar-refractivity contribution is 5.99. The van der Waals surface area contributed by atoms with Gasteiger partial charge in [-0.1, -0.05) is 43.7 Å². The Balaban J connectivity index is 1.57. The number of aromatic nitrogens is 2. The minimum absolute atomic E-state index is 0.0506. The Labute approximate surface area is 222 Å². The van der Waals surface area contributed by atoms with Crippen molar-refractivity contribution in [3.63, 3.8) is 0 Å². The number of unbranched alkanes of at least 4 members (excludes halogenated alkanes) is 1. The second-order valence-electron chi connectivity index (χ2n) is 8.87. The van der Waals surface area contributed by atoms with Crippen LogP contribution in [0.5, 0.6) is 0 Å². The molecule has 0 aliphatic heterocycles. The summed E-state index contributed by atoms with van der Waals surface area (Å²) in [6, 6.07) is 20.5. The highest BCUT2D eigenvalue weighted by Gasteiger charge is 2.30. The predicted octanol–water partition coefficient (Wildman–Crippen LogP) is 6.58. The fourth-order valence-electron chi connectivity index (χ4n) is 3.94. The van der Waals surface area contributed by atoms with Crippen LogP contribution in [-0.4, -0.2) is 39.6 Å². The molecule has 0 spiro atoms. The maximum Gasteiger partial charge on any atom is 0.416 e. The van der Waals surface area contributed by atoms with Crippen molar-refractivity contribution in [1.82, 2.24) is 14.7 Å². The van der Waals surface area contributed by atoms with Crippen molar-refractivity contribution in [3.8, 4) is 16.9 Å². The summed E-state index contributed by atoms with van der Waals surface area (Å²) in [6.07, 6.45) is -3.17. The third-order valence-corrected chi connectivity index (χ3v) is 5.98. The van der Waals surface area contributed by atoms with Gasteiger partial charge in [-0.15, -0.1) is 0 Å². The van der Waals surface area contributed by atoms with Crippen molar-refractivity contribution in [3.05, 3.63) is 102 Å². The van der Waals surface area contributed by atoms with Gasteiger partial charge in [0, 0.05) is 23.7 Å². The van der Waals surface area contributed by atoms with E-state index in [0.717, 1.165) is 36.2 Å². The van der Waals surface area contributed by atoms with E-state index in [1.807, 2.05) is 37.3 Å². The second-order valence-corrected chi connectivity index (χ2v) is 8.87. The molecular formula is C29H26F4N4O2. The quantitative estimate of drug-likeness (QED) is 0.245. The number of alkyl halides is 3. The molecule has 3 aromatic carbocycles. The Kier molecular flexibility index (Phi) is 8.43. The molecule has 0 aliphatic carbocycles. The average Bonchev–Trinajstić information content (AvgIpc) is 3.34. The average molecular weight is 539 g/mol. The first-order valence-corrected chi connectivity index (χ1v) is 12.3. The highest BCUT2D eigenvalue weighted by Crippen LogP contribution is 2.29. The lowest BCUT2D eigenvalue weighted by molar-refractivity contribution is -0.137. The number of rotatable bonds is 9. The number of nitrogens with one attached hydrogen (secondary N) is 1. The number of anilines is 1. The zero-order chi connectivity index (χ0) is 28.0. The lowest BCUT2D eigenvalue weighted by Crippen LogP contribution is -2.39. The number of carbonyl (C=O) groups excluding carboxylic acids is 2. The van der Waals surface area contributed by atoms with Crippen LogP contribution in [0, 0.1) is 5.82 Å². The Morgan fingerprint density at radius 1 is 0.949 bits per heavy atom. The van der Waals surface area contributed by atoms with E-state index >= 15 is 0 Å². The standard InChI is InChI=1S/C29H26F4N4O2/c1-2-3-17-36(28(39)21-9-11-22(12-10-21)29(31,32)33)19-27(38)34-26-18-25(20-7-5-4-6-8-20)35-37(26)24-15-13-23(30)14-16-24/h4-16,18H,2-3,17,19H2,1H3,(H,34,38). The molecule has 0 radical (unpaired) electrons. The molecule has 0 fully saturated rings. The summed E-state index contributed by atoms with van der Waals surface area (Å²) in [5, 5.41) is 7.36. The Bertz CT molecular complexity index is 1420. The zero-order valence-electron chi connectivity index (χ0n) is 21.1. The van der Waals surface area contributed by atoms with Crippen molar-refractivity contribution >= 4 is 17.6 Å². The summed E-state index contributed by atoms with van der Waals surface area (Å²) in [7, 11) is 0. The van der Waals surface area contributed by atoms with Crippen molar-refractivity contribution in [2.45, 2.75) is 25.9 Å². The number of hydrogen-bond donors (Lipinski definition) is 1. The second kappa shape index (κ2) is 11.9. The first-order chi connectivity index (χ1) is 18.7. The summed E-state index contributed by atoms with van der Waals surface area (Å²) in [4.78, 5) is 27.6. The molecule has 6 nitrogen and oxygen atoms in total. The van der Waals surface area contributed by atoms with Crippen LogP contribution in [0.2, 0.25) is 0 Å². The Morgan fingerprint density at radius 3 is 2.23 bits per heavy atom. The van der Waals surface area contributed by atoms with Crippen LogP contribution in [-0.2, 0) is 11.0 Å². The van der Waals surface area contributed by atoms with Gasteiger partial charge >= 0.3 is 6.18 Å². The van der Waals surface area contributed by atoms with Gasteiger partial charge < -0.3 is 10.2 Å². The summed E-state index contributed by atoms with van der Waals surface area (Å²) in [5.41, 5.74) is 1.07. The molecule has 39 heavy (non-hydrogen) atoms. The van der Waals surface area contributed by atoms with E-state index in [9.17, 15) is 27.2 Å². The van der Waals surface area contributed by atoms with Gasteiger partial charge in [0.15, 0.2) is 0 Å². The van der Waals surface area contributed by atoms with Crippen LogP contribution in [0.1, 0.15) is 35.7 Å². The summed E-state index contributed by atoms with van der Waals surface area (Å²) in [5.74, 6) is -1.19. The monoisotopic (exact) mass is 538 g/mol. The van der Waals surface area contributed by atoms with E-state index in [1.54, 1.807) is 6.07 Å². The van der Waals surface area contributed by atoms with Gasteiger partial charge in [-0.05, 0) is 55.0 Å². The first-order valence-electron chi connectivity index (χ1n) is 12.3. The molecule has 4 aromatic rings. The summed E-state index contributed by atoms with van der Waals surface area (Å²) in [6.45, 7) is 1.85. The molecule has 0 unspecified atom stereocenters. The van der Waals surface area contributed by atoms with Crippen LogP contribution in [0.4, 0.5) is 23.4 Å². The number of hydrogen-bond acceptors (Lipinski definition) is 3. The smallest absolute Gasteiger partial charge is 0.329 e. The molecule has 1 N–H and O–H groups in total. The maximum absolute atomic E-state index is 13.5. The van der Waals surface area contributed by atoms with E-state index in [1.165, 1.54) is 33.8 Å². The summed E-state index contributed by atoms with van der Waals surface area (Å²) < 4.78 is 53.8. The van der Waals surface area contributed by atoms with Crippen LogP contribution in [0.25, 0.3) is 16.9 Å². The zero-order valence-corrected chi connectivity index (χ0v) is 21.1. The fourth-order valence-corrected chi connectivity index (χ4v) is 3.94. The van der Waals surface area contributed by atoms with E-state index in [4.69, 9.17) is 0 Å². The number of nitrogens with zero attached hydrogens (tertiary/aromatic N) is 3. The first kappa shape index (κ1) is 27.6. The highest BCUT2D eigenvalue weighted by atomic mass is 19.4. The lowest BCUT2D eigenvalue weighted by Gasteiger charge is -2.22. The molecule has 2 amide bonds. The minimum Gasteiger partial charge on any atom is -0.329 e. The van der Waals surface area contributed by atoms with E-state index < -0.39 is 29.4 Å². The van der Waals surface area contributed by atoms with Gasteiger partial charge in [0.1, 0.15) is 18.2 Å². The molecule has 10 heteroatoms. The Hall–Kier alpha value is -4.47. The van der Waals surface area contributed by atoms with E-state index in [2.05, 4.69) is 10.4 Å². The molecule has 1 aromatic heterocycles. The van der Waals surface area contributed by atoms with Gasteiger partial charge in [-0.25, -0.2) is 9.07 Å². The van der Waals surface area contributed by atoms with Gasteiger partial charge in [-0.3, -0.25) is 9.59 Å². The number of amides is 2. The van der Waals surface area contributed by atoms with Gasteiger partial charge in [0.2, 0.25) is 5.91 Å². The molecule has 0 aliphatic rings. The fraction of sp³-hybridized carbons (Fsp3) is 0.207. The molecule has 0 atom stereocenters. The molecular weight excluding hydrogens is 512 g/mol. The van der Waals surface area contributed by atoms with Crippen molar-refractivity contribution in [2.24, 2.45) is 0 Å². The largest absolute Gasteiger partial charge is 0.416 e. The number of halogens is 4. The van der Waals surface area contributed by atoms with Gasteiger partial charge in [0.25, 0.3) is 5.91 Å². The van der Waals surface area contributed by atoms with E-state index in [-0.39, 0.29) is 18.7 Å². The van der Waals surface area contributed by atoms with Gasteiger partial charge in [0.05, 0.1) is 16.9 Å². The van der Waals surface area contributed by atoms with E-state index in [0.29, 0.717) is 23.6 Å². The number of benzene rings is 3. The third-order valence-electron chi connectivity index (χ3n) is 5.98. The molecule has 0 saturated carbocycles. The lowest BCUT2D eigenvalue weighted by atomic mass is 10.1. The molecule has 4 rings (SSSR count). The molecule has 0 saturated heterocycles. The predicted molar refractivity (Wildman–Crippen MR) is 140 cm³/mol. The van der Waals surface area contributed by atoms with Crippen LogP contribution in [0.3, 0.4) is 0 Å². The number of carbonyl (C=O) groups is 2. The Morgan fingerprint density at radius 2 is 1.62 bits per heavy atom. The van der Waals surface area contributed by atoms with Crippen molar-refractivity contribution in [1.29, 1.82) is 0 Å². The molecule has 202 valence electrons. The SMILES string of the molecule is CCCCN(CC(=O)Nc1cc(-c2ccccc2)nn1-c1ccc(F)cc1)C(=O)c1ccc(C(F)(F)F)cc1. The normalized spacial score (nSPS) is 11.3. The van der Waals surface area contributed by atoms with Crippen LogP contribution in [0.15, 0.2) is 84.9 Å². The van der Waals surface area contributed by atoms with Gasteiger partial charge in [-0.2, -0.15) is 18.3 Å². The molecule has 1 heterocycles. The third kappa shape index (κ3) is 6.90. The maximum atomic E-state index is 13.5. The van der Waals surface area contributed by atoms with Crippen molar-refractivity contribution < 1.29 is 27.2 Å². The minimum atomic E-state index is -4.52. The van der Waals surface area contributed by atoms with Crippen molar-refractivity contribution in [2.75, 3.05) is 18.4 Å². The topological polar surface area (TPSA) is 67.2 Å².